The molecular weight excluding hydrogens is 384 g/mol. The van der Waals surface area contributed by atoms with Gasteiger partial charge >= 0.3 is 5.97 Å². The second-order valence-electron chi connectivity index (χ2n) is 8.44. The molecule has 1 saturated heterocycles. The lowest BCUT2D eigenvalue weighted by atomic mass is 9.96. The highest BCUT2D eigenvalue weighted by Gasteiger charge is 2.53. The molecule has 7 nitrogen and oxygen atoms in total. The molecule has 3 N–H and O–H groups in total. The van der Waals surface area contributed by atoms with Gasteiger partial charge in [0.15, 0.2) is 11.6 Å². The van der Waals surface area contributed by atoms with Crippen LogP contribution in [0.25, 0.3) is 10.9 Å². The molecule has 2 fully saturated rings. The molecule has 3 unspecified atom stereocenters. The Labute approximate surface area is 164 Å². The Morgan fingerprint density at radius 1 is 1.38 bits per heavy atom. The zero-order chi connectivity index (χ0) is 20.7. The molecule has 0 bridgehead atoms. The van der Waals surface area contributed by atoms with Crippen LogP contribution in [0.4, 0.5) is 14.5 Å². The fourth-order valence-electron chi connectivity index (χ4n) is 4.66. The molecule has 3 atom stereocenters. The van der Waals surface area contributed by atoms with E-state index in [1.807, 2.05) is 6.92 Å². The number of carboxylic acids is 1. The first-order valence-corrected chi connectivity index (χ1v) is 9.66. The molecule has 0 spiro atoms. The van der Waals surface area contributed by atoms with Gasteiger partial charge in [-0.25, -0.2) is 13.6 Å². The van der Waals surface area contributed by atoms with E-state index < -0.39 is 34.5 Å². The molecular formula is C20H21F2N3O4. The van der Waals surface area contributed by atoms with Crippen LogP contribution in [0.15, 0.2) is 17.1 Å². The van der Waals surface area contributed by atoms with Gasteiger partial charge in [0, 0.05) is 30.7 Å². The summed E-state index contributed by atoms with van der Waals surface area (Å²) in [5.41, 5.74) is 4.92. The van der Waals surface area contributed by atoms with Crippen molar-refractivity contribution in [1.29, 1.82) is 0 Å². The van der Waals surface area contributed by atoms with E-state index in [9.17, 15) is 19.1 Å². The SMILES string of the molecule is CC1COc2c(N3CC(F)C(C4(N)CC4)C3)c(F)cc3c(=O)c(C(=O)O)cn1c23. The number of anilines is 1. The second-order valence-corrected chi connectivity index (χ2v) is 8.44. The van der Waals surface area contributed by atoms with E-state index in [1.54, 1.807) is 9.47 Å². The van der Waals surface area contributed by atoms with E-state index in [1.165, 1.54) is 6.20 Å². The van der Waals surface area contributed by atoms with Crippen LogP contribution in [0.3, 0.4) is 0 Å². The van der Waals surface area contributed by atoms with Crippen molar-refractivity contribution in [1.82, 2.24) is 4.57 Å². The molecule has 1 aromatic carbocycles. The van der Waals surface area contributed by atoms with Crippen molar-refractivity contribution in [3.05, 3.63) is 33.9 Å². The third-order valence-electron chi connectivity index (χ3n) is 6.50. The Morgan fingerprint density at radius 3 is 2.76 bits per heavy atom. The lowest BCUT2D eigenvalue weighted by Crippen LogP contribution is -2.38. The van der Waals surface area contributed by atoms with Crippen LogP contribution < -0.4 is 20.8 Å². The fourth-order valence-corrected chi connectivity index (χ4v) is 4.66. The van der Waals surface area contributed by atoms with E-state index in [0.29, 0.717) is 5.52 Å². The Bertz CT molecular complexity index is 1110. The van der Waals surface area contributed by atoms with Crippen molar-refractivity contribution in [2.24, 2.45) is 11.7 Å². The number of halogens is 2. The molecule has 1 aromatic heterocycles. The zero-order valence-electron chi connectivity index (χ0n) is 15.8. The monoisotopic (exact) mass is 405 g/mol. The number of benzene rings is 1. The normalized spacial score (nSPS) is 27.2. The van der Waals surface area contributed by atoms with Crippen LogP contribution in [-0.2, 0) is 0 Å². The lowest BCUT2D eigenvalue weighted by Gasteiger charge is -2.31. The number of aromatic carboxylic acids is 1. The minimum atomic E-state index is -1.37. The molecule has 9 heteroatoms. The Kier molecular flexibility index (Phi) is 3.74. The number of carboxylic acid groups (broad SMARTS) is 1. The smallest absolute Gasteiger partial charge is 0.341 e. The van der Waals surface area contributed by atoms with Crippen molar-refractivity contribution < 1.29 is 23.4 Å². The number of aromatic nitrogens is 1. The standard InChI is InChI=1S/C20H21F2N3O4/c1-9-8-29-18-15-10(17(26)11(19(27)28)5-25(9)15)4-13(21)16(18)24-6-12(14(22)7-24)20(23)2-3-20/h4-5,9,12,14H,2-3,6-8,23H2,1H3,(H,27,28). The predicted molar refractivity (Wildman–Crippen MR) is 102 cm³/mol. The average molecular weight is 405 g/mol. The molecule has 1 saturated carbocycles. The second kappa shape index (κ2) is 5.91. The van der Waals surface area contributed by atoms with Gasteiger partial charge in [-0.2, -0.15) is 0 Å². The molecule has 154 valence electrons. The molecule has 3 heterocycles. The zero-order valence-corrected chi connectivity index (χ0v) is 15.8. The highest BCUT2D eigenvalue weighted by molar-refractivity contribution is 5.97. The summed E-state index contributed by atoms with van der Waals surface area (Å²) in [7, 11) is 0. The van der Waals surface area contributed by atoms with Crippen molar-refractivity contribution in [3.63, 3.8) is 0 Å². The maximum Gasteiger partial charge on any atom is 0.341 e. The van der Waals surface area contributed by atoms with Crippen molar-refractivity contribution in [3.8, 4) is 5.75 Å². The first kappa shape index (κ1) is 18.4. The van der Waals surface area contributed by atoms with Crippen LogP contribution in [-0.4, -0.2) is 47.0 Å². The topological polar surface area (TPSA) is 97.8 Å². The third kappa shape index (κ3) is 2.56. The van der Waals surface area contributed by atoms with Gasteiger partial charge in [0.1, 0.15) is 24.0 Å². The van der Waals surface area contributed by atoms with Crippen LogP contribution in [0.1, 0.15) is 36.2 Å². The van der Waals surface area contributed by atoms with Gasteiger partial charge in [-0.15, -0.1) is 0 Å². The van der Waals surface area contributed by atoms with E-state index in [4.69, 9.17) is 10.5 Å². The van der Waals surface area contributed by atoms with Gasteiger partial charge in [0.2, 0.25) is 5.43 Å². The summed E-state index contributed by atoms with van der Waals surface area (Å²) < 4.78 is 37.3. The van der Waals surface area contributed by atoms with E-state index in [2.05, 4.69) is 0 Å². The largest absolute Gasteiger partial charge is 0.487 e. The number of ether oxygens (including phenoxy) is 1. The van der Waals surface area contributed by atoms with Crippen LogP contribution in [0, 0.1) is 11.7 Å². The highest BCUT2D eigenvalue weighted by Crippen LogP contribution is 2.48. The Hall–Kier alpha value is -2.68. The first-order chi connectivity index (χ1) is 13.7. The van der Waals surface area contributed by atoms with Crippen molar-refractivity contribution >= 4 is 22.6 Å². The first-order valence-electron chi connectivity index (χ1n) is 9.66. The molecule has 5 rings (SSSR count). The van der Waals surface area contributed by atoms with Crippen LogP contribution in [0.2, 0.25) is 0 Å². The molecule has 2 aliphatic heterocycles. The molecule has 2 aromatic rings. The number of nitrogens with zero attached hydrogens (tertiary/aromatic N) is 2. The molecule has 3 aliphatic rings. The number of pyridine rings is 1. The highest BCUT2D eigenvalue weighted by atomic mass is 19.1. The number of nitrogens with two attached hydrogens (primary N) is 1. The number of hydrogen-bond donors (Lipinski definition) is 2. The third-order valence-corrected chi connectivity index (χ3v) is 6.50. The number of hydrogen-bond acceptors (Lipinski definition) is 5. The summed E-state index contributed by atoms with van der Waals surface area (Å²) in [5, 5.41) is 9.30. The Balaban J connectivity index is 1.71. The van der Waals surface area contributed by atoms with Gasteiger partial charge in [0.25, 0.3) is 0 Å². The minimum Gasteiger partial charge on any atom is -0.487 e. The summed E-state index contributed by atoms with van der Waals surface area (Å²) in [6.07, 6.45) is 1.60. The minimum absolute atomic E-state index is 0.00456. The van der Waals surface area contributed by atoms with E-state index >= 15 is 4.39 Å². The average Bonchev–Trinajstić information content (AvgIpc) is 3.28. The van der Waals surface area contributed by atoms with Crippen molar-refractivity contribution in [2.45, 2.75) is 37.5 Å². The van der Waals surface area contributed by atoms with Gasteiger partial charge < -0.3 is 25.0 Å². The molecule has 0 amide bonds. The van der Waals surface area contributed by atoms with Crippen LogP contribution >= 0.6 is 0 Å². The van der Waals surface area contributed by atoms with Gasteiger partial charge in [0.05, 0.1) is 16.9 Å². The maximum atomic E-state index is 15.2. The fraction of sp³-hybridized carbons (Fsp3) is 0.500. The lowest BCUT2D eigenvalue weighted by molar-refractivity contribution is 0.0694. The summed E-state index contributed by atoms with van der Waals surface area (Å²) >= 11 is 0. The summed E-state index contributed by atoms with van der Waals surface area (Å²) in [5.74, 6) is -2.33. The van der Waals surface area contributed by atoms with E-state index in [-0.39, 0.29) is 48.5 Å². The summed E-state index contributed by atoms with van der Waals surface area (Å²) in [6.45, 7) is 2.26. The van der Waals surface area contributed by atoms with Crippen molar-refractivity contribution in [2.75, 3.05) is 24.6 Å². The van der Waals surface area contributed by atoms with Gasteiger partial charge in [-0.05, 0) is 25.8 Å². The van der Waals surface area contributed by atoms with Crippen LogP contribution in [0.5, 0.6) is 5.75 Å². The molecule has 29 heavy (non-hydrogen) atoms. The summed E-state index contributed by atoms with van der Waals surface area (Å²) in [6, 6.07) is 0.789. The number of rotatable bonds is 3. The van der Waals surface area contributed by atoms with Gasteiger partial charge in [-0.3, -0.25) is 4.79 Å². The number of carbonyl (C=O) groups is 1. The molecule has 0 radical (unpaired) electrons. The predicted octanol–water partition coefficient (Wildman–Crippen LogP) is 2.06. The molecule has 1 aliphatic carbocycles. The quantitative estimate of drug-likeness (QED) is 0.811. The Morgan fingerprint density at radius 2 is 2.10 bits per heavy atom. The maximum absolute atomic E-state index is 15.2. The summed E-state index contributed by atoms with van der Waals surface area (Å²) in [4.78, 5) is 25.7. The van der Waals surface area contributed by atoms with Gasteiger partial charge in [-0.1, -0.05) is 0 Å². The number of alkyl halides is 1. The van der Waals surface area contributed by atoms with E-state index in [0.717, 1.165) is 18.9 Å².